The van der Waals surface area contributed by atoms with Gasteiger partial charge in [0.2, 0.25) is 0 Å². The minimum absolute atomic E-state index is 0.00716. The Bertz CT molecular complexity index is 1530. The molecule has 1 aliphatic rings. The zero-order chi connectivity index (χ0) is 32.6. The van der Waals surface area contributed by atoms with E-state index in [2.05, 4.69) is 25.6 Å². The predicted molar refractivity (Wildman–Crippen MR) is 157 cm³/mol. The van der Waals surface area contributed by atoms with Crippen LogP contribution in [-0.2, 0) is 16.0 Å². The van der Waals surface area contributed by atoms with Gasteiger partial charge in [0.1, 0.15) is 17.5 Å². The highest BCUT2D eigenvalue weighted by Gasteiger charge is 2.42. The van der Waals surface area contributed by atoms with Crippen LogP contribution in [0.4, 0.5) is 34.3 Å². The van der Waals surface area contributed by atoms with E-state index < -0.39 is 41.2 Å². The summed E-state index contributed by atoms with van der Waals surface area (Å²) in [5.41, 5.74) is -1.06. The van der Waals surface area contributed by atoms with Gasteiger partial charge < -0.3 is 29.4 Å². The van der Waals surface area contributed by atoms with Gasteiger partial charge in [0.15, 0.2) is 23.1 Å². The summed E-state index contributed by atoms with van der Waals surface area (Å²) < 4.78 is 53.7. The van der Waals surface area contributed by atoms with Crippen LogP contribution >= 0.6 is 11.6 Å². The molecule has 1 saturated heterocycles. The third kappa shape index (κ3) is 8.20. The van der Waals surface area contributed by atoms with Gasteiger partial charge in [-0.25, -0.2) is 24.5 Å². The van der Waals surface area contributed by atoms with Gasteiger partial charge in [0, 0.05) is 29.4 Å². The molecule has 2 atom stereocenters. The van der Waals surface area contributed by atoms with Gasteiger partial charge in [-0.05, 0) is 65.7 Å². The summed E-state index contributed by atoms with van der Waals surface area (Å²) in [6.45, 7) is 10.7. The first-order valence-electron chi connectivity index (χ1n) is 13.8. The SMILES string of the molecule is CC(C)(C)OC(=O)Nc1ncnc2c1ncn2Cc1c(C(O)C(F)(F)F)cc(Cl)cc1N1CCC(NC(=O)OC(C)(C)C)C1. The Hall–Kier alpha value is -3.85. The van der Waals surface area contributed by atoms with Crippen molar-refractivity contribution < 1.29 is 37.3 Å². The molecule has 240 valence electrons. The average Bonchev–Trinajstić information content (AvgIpc) is 3.49. The number of aromatic nitrogens is 4. The maximum atomic E-state index is 13.9. The second-order valence-corrected chi connectivity index (χ2v) is 12.8. The number of amides is 2. The van der Waals surface area contributed by atoms with Crippen LogP contribution in [0.1, 0.15) is 65.2 Å². The lowest BCUT2D eigenvalue weighted by molar-refractivity contribution is -0.207. The van der Waals surface area contributed by atoms with Crippen molar-refractivity contribution >= 4 is 46.5 Å². The standard InChI is InChI=1S/C28H35ClF3N7O5/c1-26(2,3)43-24(41)36-16-7-8-38(11-16)19-10-15(29)9-17(21(40)28(30,31)32)18(19)12-39-14-35-20-22(33-13-34-23(20)39)37-25(42)44-27(4,5)6/h9-10,13-14,16,21,40H,7-8,11-12H2,1-6H3,(H,36,41)(H,33,34,37,42). The summed E-state index contributed by atoms with van der Waals surface area (Å²) in [7, 11) is 0. The van der Waals surface area contributed by atoms with Crippen molar-refractivity contribution in [2.45, 2.75) is 84.0 Å². The number of aliphatic hydroxyl groups excluding tert-OH is 1. The molecule has 1 aliphatic heterocycles. The van der Waals surface area contributed by atoms with E-state index in [-0.39, 0.29) is 46.7 Å². The molecule has 0 radical (unpaired) electrons. The summed E-state index contributed by atoms with van der Waals surface area (Å²) >= 11 is 6.29. The number of hydrogen-bond donors (Lipinski definition) is 3. The molecule has 12 nitrogen and oxygen atoms in total. The van der Waals surface area contributed by atoms with E-state index in [1.54, 1.807) is 46.4 Å². The molecule has 0 spiro atoms. The Morgan fingerprint density at radius 1 is 1.07 bits per heavy atom. The molecule has 1 aromatic carbocycles. The van der Waals surface area contributed by atoms with Crippen LogP contribution in [0.2, 0.25) is 5.02 Å². The smallest absolute Gasteiger partial charge is 0.418 e. The maximum absolute atomic E-state index is 13.9. The Labute approximate surface area is 256 Å². The number of fused-ring (bicyclic) bond motifs is 1. The van der Waals surface area contributed by atoms with Gasteiger partial charge in [0.25, 0.3) is 0 Å². The van der Waals surface area contributed by atoms with Gasteiger partial charge in [-0.1, -0.05) is 11.6 Å². The van der Waals surface area contributed by atoms with Crippen LogP contribution < -0.4 is 15.5 Å². The van der Waals surface area contributed by atoms with Gasteiger partial charge in [-0.15, -0.1) is 0 Å². The highest BCUT2D eigenvalue weighted by Crippen LogP contribution is 2.40. The summed E-state index contributed by atoms with van der Waals surface area (Å²) in [6.07, 6.45) is -6.18. The average molecular weight is 642 g/mol. The molecule has 2 amide bonds. The molecule has 2 unspecified atom stereocenters. The fourth-order valence-corrected chi connectivity index (χ4v) is 4.97. The lowest BCUT2D eigenvalue weighted by atomic mass is 9.99. The Kier molecular flexibility index (Phi) is 9.22. The van der Waals surface area contributed by atoms with Crippen molar-refractivity contribution in [2.24, 2.45) is 0 Å². The minimum Gasteiger partial charge on any atom is -0.444 e. The number of ether oxygens (including phenoxy) is 2. The van der Waals surface area contributed by atoms with E-state index in [0.717, 1.165) is 6.07 Å². The van der Waals surface area contributed by atoms with Crippen molar-refractivity contribution in [3.05, 3.63) is 40.9 Å². The lowest BCUT2D eigenvalue weighted by Gasteiger charge is -2.27. The van der Waals surface area contributed by atoms with Crippen molar-refractivity contribution in [3.8, 4) is 0 Å². The van der Waals surface area contributed by atoms with E-state index >= 15 is 0 Å². The molecular formula is C28H35ClF3N7O5. The molecule has 3 N–H and O–H groups in total. The zero-order valence-corrected chi connectivity index (χ0v) is 25.9. The fraction of sp³-hybridized carbons (Fsp3) is 0.536. The summed E-state index contributed by atoms with van der Waals surface area (Å²) in [5.74, 6) is 0.0467. The first-order valence-corrected chi connectivity index (χ1v) is 14.2. The third-order valence-electron chi connectivity index (χ3n) is 6.43. The lowest BCUT2D eigenvalue weighted by Crippen LogP contribution is -2.40. The number of anilines is 2. The van der Waals surface area contributed by atoms with E-state index in [9.17, 15) is 27.9 Å². The first kappa shape index (κ1) is 33.1. The van der Waals surface area contributed by atoms with Crippen LogP contribution in [0.3, 0.4) is 0 Å². The number of nitrogens with zero attached hydrogens (tertiary/aromatic N) is 5. The van der Waals surface area contributed by atoms with E-state index in [1.165, 1.54) is 23.3 Å². The molecule has 4 rings (SSSR count). The summed E-state index contributed by atoms with van der Waals surface area (Å²) in [5, 5.41) is 15.7. The number of imidazole rings is 1. The monoisotopic (exact) mass is 641 g/mol. The van der Waals surface area contributed by atoms with Crippen molar-refractivity contribution in [1.29, 1.82) is 0 Å². The number of alkyl halides is 3. The fourth-order valence-electron chi connectivity index (χ4n) is 4.75. The number of aliphatic hydroxyl groups is 1. The quantitative estimate of drug-likeness (QED) is 0.314. The van der Waals surface area contributed by atoms with Crippen LogP contribution in [0.5, 0.6) is 0 Å². The van der Waals surface area contributed by atoms with Crippen molar-refractivity contribution in [2.75, 3.05) is 23.3 Å². The normalized spacial score (nSPS) is 16.6. The van der Waals surface area contributed by atoms with Crippen LogP contribution in [-0.4, -0.2) is 73.3 Å². The number of halogens is 4. The van der Waals surface area contributed by atoms with E-state index in [1.807, 2.05) is 0 Å². The number of carbonyl (C=O) groups is 2. The van der Waals surface area contributed by atoms with Gasteiger partial charge in [-0.2, -0.15) is 13.2 Å². The van der Waals surface area contributed by atoms with Crippen molar-refractivity contribution in [1.82, 2.24) is 24.8 Å². The summed E-state index contributed by atoms with van der Waals surface area (Å²) in [4.78, 5) is 39.1. The number of nitrogens with one attached hydrogen (secondary N) is 2. The molecule has 3 aromatic rings. The molecule has 2 aromatic heterocycles. The molecule has 16 heteroatoms. The number of benzene rings is 1. The van der Waals surface area contributed by atoms with E-state index in [4.69, 9.17) is 21.1 Å². The molecule has 0 aliphatic carbocycles. The van der Waals surface area contributed by atoms with E-state index in [0.29, 0.717) is 18.7 Å². The molecule has 0 saturated carbocycles. The zero-order valence-electron chi connectivity index (χ0n) is 25.1. The van der Waals surface area contributed by atoms with Crippen LogP contribution in [0, 0.1) is 0 Å². The molecule has 3 heterocycles. The largest absolute Gasteiger partial charge is 0.444 e. The second kappa shape index (κ2) is 12.3. The molecular weight excluding hydrogens is 607 g/mol. The number of hydrogen-bond acceptors (Lipinski definition) is 9. The van der Waals surface area contributed by atoms with Crippen LogP contribution in [0.15, 0.2) is 24.8 Å². The molecule has 1 fully saturated rings. The van der Waals surface area contributed by atoms with Gasteiger partial charge in [0.05, 0.1) is 18.9 Å². The highest BCUT2D eigenvalue weighted by molar-refractivity contribution is 6.31. The Morgan fingerprint density at radius 2 is 1.73 bits per heavy atom. The second-order valence-electron chi connectivity index (χ2n) is 12.4. The first-order chi connectivity index (χ1) is 20.3. The van der Waals surface area contributed by atoms with Crippen molar-refractivity contribution in [3.63, 3.8) is 0 Å². The molecule has 44 heavy (non-hydrogen) atoms. The minimum atomic E-state index is -4.98. The van der Waals surface area contributed by atoms with Crippen LogP contribution in [0.25, 0.3) is 11.2 Å². The number of carbonyl (C=O) groups excluding carboxylic acids is 2. The topological polar surface area (TPSA) is 144 Å². The predicted octanol–water partition coefficient (Wildman–Crippen LogP) is 5.57. The highest BCUT2D eigenvalue weighted by atomic mass is 35.5. The summed E-state index contributed by atoms with van der Waals surface area (Å²) in [6, 6.07) is 2.24. The number of alkyl carbamates (subject to hydrolysis) is 1. The van der Waals surface area contributed by atoms with Gasteiger partial charge in [-0.3, -0.25) is 5.32 Å². The third-order valence-corrected chi connectivity index (χ3v) is 6.65. The Balaban J connectivity index is 1.70. The maximum Gasteiger partial charge on any atom is 0.418 e. The number of rotatable bonds is 6. The molecule has 0 bridgehead atoms. The Morgan fingerprint density at radius 3 is 2.36 bits per heavy atom. The van der Waals surface area contributed by atoms with Gasteiger partial charge >= 0.3 is 18.4 Å².